The van der Waals surface area contributed by atoms with Gasteiger partial charge in [0.25, 0.3) is 0 Å². The van der Waals surface area contributed by atoms with Crippen LogP contribution in [0.3, 0.4) is 0 Å². The fraction of sp³-hybridized carbons (Fsp3) is 0.500. The van der Waals surface area contributed by atoms with E-state index in [1.54, 1.807) is 0 Å². The second-order valence-electron chi connectivity index (χ2n) is 5.86. The number of nitrogen functional groups attached to an aromatic ring is 1. The monoisotopic (exact) mass is 514 g/mol. The standard InChI is InChI=1S/C10H11N8O11P3/c11-7-4-8(15-10(14-7)16-17-12)18(2-13-4)9-6(20)5(19)3(27-9)1-26-31(23)29-32(24,25)28-30(21)22/h2-3,5-6,9,19-20H,1H2,(H2-2,11,14,15,21,22,24,25)/p+2/t3-,5-,6-,9-/m1/s1. The molecule has 7 atom stereocenters. The zero-order chi connectivity index (χ0) is 23.6. The summed E-state index contributed by atoms with van der Waals surface area (Å²) >= 11 is 0. The molecule has 2 aromatic heterocycles. The van der Waals surface area contributed by atoms with Gasteiger partial charge in [-0.1, -0.05) is 0 Å². The maximum atomic E-state index is 11.6. The first-order valence-corrected chi connectivity index (χ1v) is 11.8. The number of hydrogen-bond donors (Lipinski definition) is 5. The van der Waals surface area contributed by atoms with Gasteiger partial charge >= 0.3 is 24.3 Å². The van der Waals surface area contributed by atoms with Gasteiger partial charge in [0.1, 0.15) is 30.4 Å². The Labute approximate surface area is 177 Å². The minimum Gasteiger partial charge on any atom is -0.387 e. The van der Waals surface area contributed by atoms with Crippen LogP contribution in [0.5, 0.6) is 0 Å². The van der Waals surface area contributed by atoms with Gasteiger partial charge in [-0.15, -0.1) is 9.42 Å². The molecule has 0 amide bonds. The van der Waals surface area contributed by atoms with Gasteiger partial charge in [-0.25, -0.2) is 19.5 Å². The number of hydrogen-bond acceptors (Lipinski definition) is 14. The Balaban J connectivity index is 1.73. The molecule has 0 bridgehead atoms. The number of fused-ring (bicyclic) bond motifs is 1. The second-order valence-corrected chi connectivity index (χ2v) is 9.28. The lowest BCUT2D eigenvalue weighted by Crippen LogP contribution is -2.33. The summed E-state index contributed by atoms with van der Waals surface area (Å²) in [5.74, 6) is -0.458. The van der Waals surface area contributed by atoms with Gasteiger partial charge < -0.3 is 20.7 Å². The minimum absolute atomic E-state index is 0.00334. The molecule has 32 heavy (non-hydrogen) atoms. The fourth-order valence-corrected chi connectivity index (χ4v) is 4.86. The molecular formula is C10H13N8O11P3+2. The Morgan fingerprint density at radius 3 is 2.72 bits per heavy atom. The molecule has 0 saturated carbocycles. The predicted octanol–water partition coefficient (Wildman–Crippen LogP) is 0.427. The van der Waals surface area contributed by atoms with Gasteiger partial charge in [0.05, 0.1) is 6.33 Å². The summed E-state index contributed by atoms with van der Waals surface area (Å²) in [6, 6.07) is 0. The van der Waals surface area contributed by atoms with Crippen molar-refractivity contribution in [1.82, 2.24) is 19.5 Å². The normalized spacial score (nSPS) is 25.9. The Bertz CT molecular complexity index is 1150. The molecule has 22 heteroatoms. The summed E-state index contributed by atoms with van der Waals surface area (Å²) < 4.78 is 52.4. The van der Waals surface area contributed by atoms with Crippen LogP contribution in [0.15, 0.2) is 11.4 Å². The molecule has 19 nitrogen and oxygen atoms in total. The number of imidazole rings is 1. The number of nitrogens with zero attached hydrogens (tertiary/aromatic N) is 7. The van der Waals surface area contributed by atoms with E-state index >= 15 is 0 Å². The van der Waals surface area contributed by atoms with Crippen molar-refractivity contribution in [3.8, 4) is 0 Å². The third-order valence-corrected chi connectivity index (χ3v) is 6.97. The molecule has 3 rings (SSSR count). The molecule has 3 unspecified atom stereocenters. The van der Waals surface area contributed by atoms with Crippen molar-refractivity contribution in [3.05, 3.63) is 16.8 Å². The van der Waals surface area contributed by atoms with Crippen molar-refractivity contribution >= 4 is 47.3 Å². The molecule has 1 aliphatic rings. The maximum absolute atomic E-state index is 11.6. The number of aromatic nitrogens is 4. The van der Waals surface area contributed by atoms with E-state index < -0.39 is 55.5 Å². The van der Waals surface area contributed by atoms with E-state index in [0.29, 0.717) is 0 Å². The summed E-state index contributed by atoms with van der Waals surface area (Å²) in [5.41, 5.74) is 14.4. The number of aliphatic hydroxyl groups is 2. The third kappa shape index (κ3) is 5.39. The van der Waals surface area contributed by atoms with Crippen LogP contribution in [0.25, 0.3) is 21.6 Å². The molecule has 1 fully saturated rings. The molecule has 0 spiro atoms. The Morgan fingerprint density at radius 2 is 2.06 bits per heavy atom. The van der Waals surface area contributed by atoms with Crippen molar-refractivity contribution in [2.45, 2.75) is 24.5 Å². The van der Waals surface area contributed by atoms with Gasteiger partial charge in [-0.3, -0.25) is 9.46 Å². The predicted molar refractivity (Wildman–Crippen MR) is 99.8 cm³/mol. The van der Waals surface area contributed by atoms with Crippen LogP contribution in [0.4, 0.5) is 11.8 Å². The first-order chi connectivity index (χ1) is 15.0. The van der Waals surface area contributed by atoms with E-state index in [1.165, 1.54) is 10.9 Å². The average Bonchev–Trinajstić information content (AvgIpc) is 3.21. The van der Waals surface area contributed by atoms with Crippen LogP contribution < -0.4 is 5.73 Å². The lowest BCUT2D eigenvalue weighted by molar-refractivity contribution is -0.0476. The summed E-state index contributed by atoms with van der Waals surface area (Å²) in [6.45, 7) is -0.705. The van der Waals surface area contributed by atoms with Crippen molar-refractivity contribution in [2.24, 2.45) is 5.11 Å². The first kappa shape index (κ1) is 24.4. The average molecular weight is 514 g/mol. The molecule has 3 heterocycles. The maximum Gasteiger partial charge on any atom is 0.708 e. The van der Waals surface area contributed by atoms with E-state index in [0.717, 1.165) is 0 Å². The number of phosphoric acid groups is 1. The van der Waals surface area contributed by atoms with Crippen LogP contribution >= 0.6 is 24.3 Å². The van der Waals surface area contributed by atoms with E-state index in [-0.39, 0.29) is 22.9 Å². The smallest absolute Gasteiger partial charge is 0.387 e. The lowest BCUT2D eigenvalue weighted by atomic mass is 10.1. The van der Waals surface area contributed by atoms with Gasteiger partial charge in [-0.05, 0) is 10.6 Å². The number of aliphatic hydroxyl groups excluding tert-OH is 2. The highest BCUT2D eigenvalue weighted by Crippen LogP contribution is 2.57. The molecule has 2 aromatic rings. The second kappa shape index (κ2) is 9.72. The fourth-order valence-electron chi connectivity index (χ4n) is 2.64. The third-order valence-electron chi connectivity index (χ3n) is 3.87. The largest absolute Gasteiger partial charge is 0.708 e. The molecule has 172 valence electrons. The van der Waals surface area contributed by atoms with Gasteiger partial charge in [0, 0.05) is 22.7 Å². The summed E-state index contributed by atoms with van der Waals surface area (Å²) in [6.07, 6.45) is -4.64. The number of ether oxygens (including phenoxy) is 1. The highest BCUT2D eigenvalue weighted by molar-refractivity contribution is 7.61. The molecule has 0 aromatic carbocycles. The zero-order valence-corrected chi connectivity index (χ0v) is 18.0. The summed E-state index contributed by atoms with van der Waals surface area (Å²) in [4.78, 5) is 31.8. The number of nitrogens with two attached hydrogens (primary N) is 1. The van der Waals surface area contributed by atoms with Gasteiger partial charge in [0.2, 0.25) is 5.95 Å². The number of rotatable bonds is 9. The van der Waals surface area contributed by atoms with E-state index in [2.05, 4.69) is 38.1 Å². The zero-order valence-electron chi connectivity index (χ0n) is 15.3. The lowest BCUT2D eigenvalue weighted by Gasteiger charge is -2.16. The first-order valence-electron chi connectivity index (χ1n) is 8.07. The van der Waals surface area contributed by atoms with E-state index in [1.807, 2.05) is 0 Å². The van der Waals surface area contributed by atoms with Crippen LogP contribution in [-0.2, 0) is 31.6 Å². The topological polar surface area (TPSA) is 287 Å². The summed E-state index contributed by atoms with van der Waals surface area (Å²) in [7, 11) is -12.0. The molecule has 1 saturated heterocycles. The SMILES string of the molecule is [N-]=[N+]=Nc1nc(N)c2ncn([C@@H]3O[C@H](CO[P+](=O)OP(=O)(O)O[P+](=O)O)[C@@H](O)[C@H]3O)c2n1. The van der Waals surface area contributed by atoms with Gasteiger partial charge in [-0.2, -0.15) is 0 Å². The number of azide groups is 1. The van der Waals surface area contributed by atoms with Crippen molar-refractivity contribution in [1.29, 1.82) is 0 Å². The minimum atomic E-state index is -5.16. The van der Waals surface area contributed by atoms with Crippen LogP contribution in [-0.4, -0.2) is 64.4 Å². The van der Waals surface area contributed by atoms with Crippen LogP contribution in [0, 0.1) is 0 Å². The van der Waals surface area contributed by atoms with E-state index in [9.17, 15) is 23.9 Å². The molecule has 1 aliphatic heterocycles. The molecule has 0 radical (unpaired) electrons. The van der Waals surface area contributed by atoms with Crippen molar-refractivity contribution in [2.75, 3.05) is 12.3 Å². The highest BCUT2D eigenvalue weighted by Gasteiger charge is 2.48. The Hall–Kier alpha value is -2.23. The Morgan fingerprint density at radius 1 is 1.34 bits per heavy atom. The summed E-state index contributed by atoms with van der Waals surface area (Å²) in [5, 5.41) is 23.8. The van der Waals surface area contributed by atoms with Crippen LogP contribution in [0.1, 0.15) is 6.23 Å². The quantitative estimate of drug-likeness (QED) is 0.131. The highest BCUT2D eigenvalue weighted by atomic mass is 31.3. The van der Waals surface area contributed by atoms with Gasteiger partial charge in [0.15, 0.2) is 17.7 Å². The van der Waals surface area contributed by atoms with Crippen molar-refractivity contribution < 1.29 is 51.6 Å². The molecular weight excluding hydrogens is 501 g/mol. The number of anilines is 1. The van der Waals surface area contributed by atoms with E-state index in [4.69, 9.17) is 25.8 Å². The molecule has 6 N–H and O–H groups in total. The van der Waals surface area contributed by atoms with Crippen molar-refractivity contribution in [3.63, 3.8) is 0 Å². The van der Waals surface area contributed by atoms with Crippen LogP contribution in [0.2, 0.25) is 0 Å². The molecule has 0 aliphatic carbocycles. The Kier molecular flexibility index (Phi) is 7.42.